The molecule has 3 rings (SSSR count). The highest BCUT2D eigenvalue weighted by atomic mass is 14.8. The van der Waals surface area contributed by atoms with E-state index in [0.717, 1.165) is 18.5 Å². The van der Waals surface area contributed by atoms with Gasteiger partial charge in [-0.1, -0.05) is 79.6 Å². The first kappa shape index (κ1) is 19.0. The molecule has 0 fully saturated rings. The minimum Gasteiger partial charge on any atom is -0.388 e. The summed E-state index contributed by atoms with van der Waals surface area (Å²) >= 11 is 0. The maximum atomic E-state index is 3.26. The molecule has 0 saturated carbocycles. The monoisotopic (exact) mass is 355 g/mol. The van der Waals surface area contributed by atoms with Crippen LogP contribution in [0.1, 0.15) is 48.1 Å². The Hall–Kier alpha value is -2.80. The maximum Gasteiger partial charge on any atom is 0.0343 e. The lowest BCUT2D eigenvalue weighted by molar-refractivity contribution is 0.917. The van der Waals surface area contributed by atoms with E-state index in [2.05, 4.69) is 98.9 Å². The zero-order chi connectivity index (χ0) is 19.2. The van der Waals surface area contributed by atoms with Crippen LogP contribution in [0.15, 0.2) is 72.8 Å². The molecule has 0 saturated heterocycles. The van der Waals surface area contributed by atoms with Gasteiger partial charge >= 0.3 is 0 Å². The van der Waals surface area contributed by atoms with Gasteiger partial charge in [-0.25, -0.2) is 0 Å². The fourth-order valence-corrected chi connectivity index (χ4v) is 3.67. The van der Waals surface area contributed by atoms with Crippen molar-refractivity contribution in [3.05, 3.63) is 101 Å². The molecule has 0 unspecified atom stereocenters. The highest BCUT2D eigenvalue weighted by molar-refractivity contribution is 5.99. The van der Waals surface area contributed by atoms with Crippen LogP contribution in [0.2, 0.25) is 0 Å². The molecular formula is C26H29N. The summed E-state index contributed by atoms with van der Waals surface area (Å²) in [5.74, 6) is 0. The number of allylic oxidation sites excluding steroid dienone is 1. The first-order chi connectivity index (χ1) is 13.1. The summed E-state index contributed by atoms with van der Waals surface area (Å²) in [4.78, 5) is 0. The quantitative estimate of drug-likeness (QED) is 0.471. The molecule has 3 aromatic rings. The number of hydrogen-bond acceptors (Lipinski definition) is 1. The Balaban J connectivity index is 2.27. The van der Waals surface area contributed by atoms with E-state index in [1.54, 1.807) is 0 Å². The van der Waals surface area contributed by atoms with Crippen LogP contribution in [0.3, 0.4) is 0 Å². The van der Waals surface area contributed by atoms with Gasteiger partial charge in [-0.3, -0.25) is 0 Å². The Kier molecular flexibility index (Phi) is 6.13. The molecule has 0 spiro atoms. The molecule has 138 valence electrons. The van der Waals surface area contributed by atoms with E-state index in [1.807, 2.05) is 7.05 Å². The van der Waals surface area contributed by atoms with Crippen LogP contribution in [-0.2, 0) is 6.42 Å². The summed E-state index contributed by atoms with van der Waals surface area (Å²) in [5.41, 5.74) is 10.4. The van der Waals surface area contributed by atoms with Crippen LogP contribution in [0.25, 0.3) is 11.1 Å². The zero-order valence-electron chi connectivity index (χ0n) is 16.8. The van der Waals surface area contributed by atoms with Crippen molar-refractivity contribution in [2.24, 2.45) is 0 Å². The number of rotatable bonds is 6. The van der Waals surface area contributed by atoms with E-state index in [4.69, 9.17) is 0 Å². The molecule has 0 aliphatic rings. The lowest BCUT2D eigenvalue weighted by atomic mass is 9.86. The third kappa shape index (κ3) is 4.31. The van der Waals surface area contributed by atoms with Crippen LogP contribution in [0, 0.1) is 6.92 Å². The summed E-state index contributed by atoms with van der Waals surface area (Å²) in [6, 6.07) is 26.3. The van der Waals surface area contributed by atoms with Crippen LogP contribution >= 0.6 is 0 Å². The summed E-state index contributed by atoms with van der Waals surface area (Å²) < 4.78 is 0. The van der Waals surface area contributed by atoms with Crippen molar-refractivity contribution in [3.63, 3.8) is 0 Å². The van der Waals surface area contributed by atoms with Gasteiger partial charge in [0.15, 0.2) is 0 Å². The van der Waals surface area contributed by atoms with Crippen molar-refractivity contribution in [1.82, 2.24) is 0 Å². The summed E-state index contributed by atoms with van der Waals surface area (Å²) in [6.45, 7) is 6.67. The van der Waals surface area contributed by atoms with Crippen molar-refractivity contribution in [2.45, 2.75) is 33.6 Å². The molecule has 1 N–H and O–H groups in total. The fraction of sp³-hybridized carbons (Fsp3) is 0.231. The first-order valence-electron chi connectivity index (χ1n) is 9.78. The van der Waals surface area contributed by atoms with Gasteiger partial charge in [0.1, 0.15) is 0 Å². The predicted octanol–water partition coefficient (Wildman–Crippen LogP) is 6.97. The SMILES string of the molecule is CCCc1cc(C)ccc1/C(=C(\C)c1cccc(NC)c1)c1ccccc1. The lowest BCUT2D eigenvalue weighted by Crippen LogP contribution is -1.99. The van der Waals surface area contributed by atoms with E-state index < -0.39 is 0 Å². The molecule has 3 aromatic carbocycles. The van der Waals surface area contributed by atoms with Crippen molar-refractivity contribution in [3.8, 4) is 0 Å². The first-order valence-corrected chi connectivity index (χ1v) is 9.78. The predicted molar refractivity (Wildman–Crippen MR) is 119 cm³/mol. The van der Waals surface area contributed by atoms with Gasteiger partial charge in [0, 0.05) is 12.7 Å². The van der Waals surface area contributed by atoms with E-state index in [-0.39, 0.29) is 0 Å². The highest BCUT2D eigenvalue weighted by Gasteiger charge is 2.14. The van der Waals surface area contributed by atoms with Crippen LogP contribution in [0.5, 0.6) is 0 Å². The second kappa shape index (κ2) is 8.73. The Labute approximate surface area is 163 Å². The van der Waals surface area contributed by atoms with Gasteiger partial charge in [0.2, 0.25) is 0 Å². The summed E-state index contributed by atoms with van der Waals surface area (Å²) in [7, 11) is 1.97. The molecule has 0 heterocycles. The van der Waals surface area contributed by atoms with E-state index >= 15 is 0 Å². The molecule has 1 heteroatoms. The molecule has 0 aliphatic carbocycles. The molecule has 0 amide bonds. The van der Waals surface area contributed by atoms with Gasteiger partial charge in [-0.05, 0) is 65.8 Å². The lowest BCUT2D eigenvalue weighted by Gasteiger charge is -2.18. The van der Waals surface area contributed by atoms with Gasteiger partial charge < -0.3 is 5.32 Å². The highest BCUT2D eigenvalue weighted by Crippen LogP contribution is 2.35. The van der Waals surface area contributed by atoms with E-state index in [0.29, 0.717) is 0 Å². The number of benzene rings is 3. The average Bonchev–Trinajstić information content (AvgIpc) is 2.71. The summed E-state index contributed by atoms with van der Waals surface area (Å²) in [5, 5.41) is 3.26. The minimum atomic E-state index is 1.09. The normalized spacial score (nSPS) is 11.9. The Bertz CT molecular complexity index is 935. The van der Waals surface area contributed by atoms with Gasteiger partial charge in [0.05, 0.1) is 0 Å². The molecule has 0 bridgehead atoms. The number of hydrogen-bond donors (Lipinski definition) is 1. The van der Waals surface area contributed by atoms with E-state index in [1.165, 1.54) is 39.0 Å². The Morgan fingerprint density at radius 2 is 1.59 bits per heavy atom. The molecular weight excluding hydrogens is 326 g/mol. The van der Waals surface area contributed by atoms with Crippen molar-refractivity contribution in [2.75, 3.05) is 12.4 Å². The smallest absolute Gasteiger partial charge is 0.0343 e. The van der Waals surface area contributed by atoms with Crippen LogP contribution in [0.4, 0.5) is 5.69 Å². The Morgan fingerprint density at radius 1 is 0.852 bits per heavy atom. The van der Waals surface area contributed by atoms with Gasteiger partial charge in [0.25, 0.3) is 0 Å². The number of aryl methyl sites for hydroxylation is 2. The van der Waals surface area contributed by atoms with Crippen molar-refractivity contribution < 1.29 is 0 Å². The molecule has 0 aliphatic heterocycles. The number of nitrogens with one attached hydrogen (secondary N) is 1. The van der Waals surface area contributed by atoms with Gasteiger partial charge in [-0.15, -0.1) is 0 Å². The summed E-state index contributed by atoms with van der Waals surface area (Å²) in [6.07, 6.45) is 2.24. The van der Waals surface area contributed by atoms with Crippen molar-refractivity contribution >= 4 is 16.8 Å². The molecule has 27 heavy (non-hydrogen) atoms. The van der Waals surface area contributed by atoms with E-state index in [9.17, 15) is 0 Å². The molecule has 0 atom stereocenters. The number of anilines is 1. The largest absolute Gasteiger partial charge is 0.388 e. The standard InChI is InChI=1S/C26H29N/c1-5-10-23-17-19(2)15-16-25(23)26(21-11-7-6-8-12-21)20(3)22-13-9-14-24(18-22)27-4/h6-9,11-18,27H,5,10H2,1-4H3/b26-20+. The second-order valence-electron chi connectivity index (χ2n) is 7.11. The van der Waals surface area contributed by atoms with Crippen LogP contribution in [-0.4, -0.2) is 7.05 Å². The van der Waals surface area contributed by atoms with Crippen LogP contribution < -0.4 is 5.32 Å². The topological polar surface area (TPSA) is 12.0 Å². The third-order valence-corrected chi connectivity index (χ3v) is 5.07. The van der Waals surface area contributed by atoms with Gasteiger partial charge in [-0.2, -0.15) is 0 Å². The zero-order valence-corrected chi connectivity index (χ0v) is 16.8. The molecule has 1 nitrogen and oxygen atoms in total. The fourth-order valence-electron chi connectivity index (χ4n) is 3.67. The second-order valence-corrected chi connectivity index (χ2v) is 7.11. The third-order valence-electron chi connectivity index (χ3n) is 5.07. The Morgan fingerprint density at radius 3 is 2.30 bits per heavy atom. The molecule has 0 aromatic heterocycles. The average molecular weight is 356 g/mol. The maximum absolute atomic E-state index is 3.26. The van der Waals surface area contributed by atoms with Crippen molar-refractivity contribution in [1.29, 1.82) is 0 Å². The minimum absolute atomic E-state index is 1.09. The molecule has 0 radical (unpaired) electrons.